The van der Waals surface area contributed by atoms with E-state index in [9.17, 15) is 15.0 Å². The number of hydrogen-bond acceptors (Lipinski definition) is 4. The van der Waals surface area contributed by atoms with E-state index < -0.39 is 24.3 Å². The van der Waals surface area contributed by atoms with E-state index in [1.165, 1.54) is 6.92 Å². The Hall–Kier alpha value is -1.39. The molecule has 4 heteroatoms. The standard InChI is InChI=1S/C17H26O4/c1-10(2)14-8-15(19)11(3)6-7-17(21-13(5)18)12(4)16(20)9-14/h14-17,19-20H,1,3-4,6-9H2,2,5H3/t14-,15+,16-,17+/m0/s1. The van der Waals surface area contributed by atoms with Crippen molar-refractivity contribution < 1.29 is 19.7 Å². The van der Waals surface area contributed by atoms with Gasteiger partial charge in [-0.1, -0.05) is 25.3 Å². The fourth-order valence-corrected chi connectivity index (χ4v) is 2.57. The van der Waals surface area contributed by atoms with Crippen molar-refractivity contribution in [2.45, 2.75) is 57.8 Å². The van der Waals surface area contributed by atoms with Gasteiger partial charge in [-0.05, 0) is 49.7 Å². The van der Waals surface area contributed by atoms with Gasteiger partial charge in [0.1, 0.15) is 6.10 Å². The van der Waals surface area contributed by atoms with E-state index in [0.29, 0.717) is 36.8 Å². The van der Waals surface area contributed by atoms with E-state index in [-0.39, 0.29) is 5.92 Å². The number of rotatable bonds is 2. The maximum atomic E-state index is 11.2. The molecular formula is C17H26O4. The Morgan fingerprint density at radius 2 is 1.76 bits per heavy atom. The highest BCUT2D eigenvalue weighted by molar-refractivity contribution is 5.66. The highest BCUT2D eigenvalue weighted by Gasteiger charge is 2.29. The van der Waals surface area contributed by atoms with Gasteiger partial charge in [0.25, 0.3) is 0 Å². The Bertz CT molecular complexity index is 438. The molecule has 1 aliphatic rings. The molecule has 1 aliphatic carbocycles. The lowest BCUT2D eigenvalue weighted by molar-refractivity contribution is -0.145. The Morgan fingerprint density at radius 3 is 2.29 bits per heavy atom. The number of carbonyl (C=O) groups excluding carboxylic acids is 1. The summed E-state index contributed by atoms with van der Waals surface area (Å²) in [7, 11) is 0. The zero-order valence-corrected chi connectivity index (χ0v) is 13.0. The maximum Gasteiger partial charge on any atom is 0.303 e. The molecule has 0 heterocycles. The van der Waals surface area contributed by atoms with Gasteiger partial charge in [0.15, 0.2) is 0 Å². The molecule has 0 aromatic heterocycles. The summed E-state index contributed by atoms with van der Waals surface area (Å²) in [4.78, 5) is 11.2. The molecule has 118 valence electrons. The molecule has 4 nitrogen and oxygen atoms in total. The Labute approximate surface area is 126 Å². The number of hydrogen-bond donors (Lipinski definition) is 2. The van der Waals surface area contributed by atoms with Crippen LogP contribution in [0.25, 0.3) is 0 Å². The quantitative estimate of drug-likeness (QED) is 0.606. The molecule has 0 amide bonds. The third kappa shape index (κ3) is 5.14. The molecule has 0 aromatic carbocycles. The number of allylic oxidation sites excluding steroid dienone is 1. The SMILES string of the molecule is C=C(C)[C@H]1C[C@@H](O)C(=C)CC[C@@H](OC(C)=O)C(=C)[C@@H](O)C1. The molecule has 1 fully saturated rings. The fourth-order valence-electron chi connectivity index (χ4n) is 2.57. The number of ether oxygens (including phenoxy) is 1. The molecule has 1 rings (SSSR count). The molecule has 21 heavy (non-hydrogen) atoms. The smallest absolute Gasteiger partial charge is 0.303 e. The minimum absolute atomic E-state index is 0.0282. The van der Waals surface area contributed by atoms with Crippen LogP contribution in [0.2, 0.25) is 0 Å². The molecule has 1 saturated carbocycles. The van der Waals surface area contributed by atoms with Crippen molar-refractivity contribution in [1.82, 2.24) is 0 Å². The molecule has 0 spiro atoms. The lowest BCUT2D eigenvalue weighted by atomic mass is 9.82. The first-order chi connectivity index (χ1) is 9.72. The second kappa shape index (κ2) is 7.57. The highest BCUT2D eigenvalue weighted by Crippen LogP contribution is 2.31. The van der Waals surface area contributed by atoms with Gasteiger partial charge in [0.2, 0.25) is 0 Å². The summed E-state index contributed by atoms with van der Waals surface area (Å²) >= 11 is 0. The van der Waals surface area contributed by atoms with Gasteiger partial charge in [-0.3, -0.25) is 4.79 Å². The van der Waals surface area contributed by atoms with Crippen molar-refractivity contribution in [3.05, 3.63) is 36.5 Å². The predicted molar refractivity (Wildman–Crippen MR) is 82.6 cm³/mol. The topological polar surface area (TPSA) is 66.8 Å². The molecular weight excluding hydrogens is 268 g/mol. The van der Waals surface area contributed by atoms with E-state index in [1.54, 1.807) is 0 Å². The third-order valence-corrected chi connectivity index (χ3v) is 4.06. The van der Waals surface area contributed by atoms with Crippen LogP contribution in [-0.2, 0) is 9.53 Å². The summed E-state index contributed by atoms with van der Waals surface area (Å²) in [6.07, 6.45) is -0.0627. The van der Waals surface area contributed by atoms with E-state index in [4.69, 9.17) is 4.74 Å². The first-order valence-electron chi connectivity index (χ1n) is 7.27. The average molecular weight is 294 g/mol. The minimum Gasteiger partial charge on any atom is -0.458 e. The van der Waals surface area contributed by atoms with E-state index in [0.717, 1.165) is 5.57 Å². The minimum atomic E-state index is -0.783. The van der Waals surface area contributed by atoms with Crippen molar-refractivity contribution in [2.24, 2.45) is 5.92 Å². The van der Waals surface area contributed by atoms with E-state index in [2.05, 4.69) is 19.7 Å². The summed E-state index contributed by atoms with van der Waals surface area (Å²) in [5.74, 6) is -0.437. The van der Waals surface area contributed by atoms with Gasteiger partial charge in [-0.25, -0.2) is 0 Å². The van der Waals surface area contributed by atoms with Gasteiger partial charge in [0, 0.05) is 6.92 Å². The number of carbonyl (C=O) groups is 1. The summed E-state index contributed by atoms with van der Waals surface area (Å²) in [5, 5.41) is 20.5. The van der Waals surface area contributed by atoms with Crippen molar-refractivity contribution in [1.29, 1.82) is 0 Å². The average Bonchev–Trinajstić information content (AvgIpc) is 2.39. The van der Waals surface area contributed by atoms with Gasteiger partial charge in [-0.2, -0.15) is 0 Å². The van der Waals surface area contributed by atoms with Crippen LogP contribution in [0.15, 0.2) is 36.5 Å². The lowest BCUT2D eigenvalue weighted by Crippen LogP contribution is -2.31. The molecule has 0 aliphatic heterocycles. The van der Waals surface area contributed by atoms with Crippen molar-refractivity contribution >= 4 is 5.97 Å². The Balaban J connectivity index is 2.97. The zero-order valence-electron chi connectivity index (χ0n) is 13.0. The third-order valence-electron chi connectivity index (χ3n) is 4.06. The Kier molecular flexibility index (Phi) is 6.37. The maximum absolute atomic E-state index is 11.2. The molecule has 0 bridgehead atoms. The summed E-state index contributed by atoms with van der Waals surface area (Å²) < 4.78 is 5.24. The molecule has 4 atom stereocenters. The zero-order chi connectivity index (χ0) is 16.2. The highest BCUT2D eigenvalue weighted by atomic mass is 16.5. The predicted octanol–water partition coefficient (Wildman–Crippen LogP) is 2.52. The first-order valence-corrected chi connectivity index (χ1v) is 7.27. The second-order valence-corrected chi connectivity index (χ2v) is 5.92. The van der Waals surface area contributed by atoms with Crippen LogP contribution in [-0.4, -0.2) is 34.5 Å². The van der Waals surface area contributed by atoms with Crippen LogP contribution < -0.4 is 0 Å². The van der Waals surface area contributed by atoms with E-state index in [1.807, 2.05) is 6.92 Å². The normalized spacial score (nSPS) is 31.6. The van der Waals surface area contributed by atoms with Gasteiger partial charge < -0.3 is 14.9 Å². The number of esters is 1. The van der Waals surface area contributed by atoms with Crippen LogP contribution in [0.3, 0.4) is 0 Å². The van der Waals surface area contributed by atoms with Gasteiger partial charge in [-0.15, -0.1) is 0 Å². The van der Waals surface area contributed by atoms with Crippen molar-refractivity contribution in [3.63, 3.8) is 0 Å². The fraction of sp³-hybridized carbons (Fsp3) is 0.588. The monoisotopic (exact) mass is 294 g/mol. The molecule has 0 radical (unpaired) electrons. The van der Waals surface area contributed by atoms with Crippen LogP contribution in [0, 0.1) is 5.92 Å². The summed E-state index contributed by atoms with van der Waals surface area (Å²) in [6, 6.07) is 0. The summed E-state index contributed by atoms with van der Waals surface area (Å²) in [6.45, 7) is 14.9. The van der Waals surface area contributed by atoms with Gasteiger partial charge >= 0.3 is 5.97 Å². The molecule has 0 aromatic rings. The Morgan fingerprint density at radius 1 is 1.19 bits per heavy atom. The van der Waals surface area contributed by atoms with Crippen LogP contribution in [0.1, 0.15) is 39.5 Å². The lowest BCUT2D eigenvalue weighted by Gasteiger charge is -2.30. The molecule has 0 unspecified atom stereocenters. The molecule has 2 N–H and O–H groups in total. The summed E-state index contributed by atoms with van der Waals surface area (Å²) in [5.41, 5.74) is 2.11. The van der Waals surface area contributed by atoms with Gasteiger partial charge in [0.05, 0.1) is 12.2 Å². The number of aliphatic hydroxyl groups is 2. The number of aliphatic hydroxyl groups excluding tert-OH is 2. The largest absolute Gasteiger partial charge is 0.458 e. The van der Waals surface area contributed by atoms with Crippen LogP contribution >= 0.6 is 0 Å². The van der Waals surface area contributed by atoms with Crippen molar-refractivity contribution in [3.8, 4) is 0 Å². The molecule has 0 saturated heterocycles. The van der Waals surface area contributed by atoms with Crippen LogP contribution in [0.4, 0.5) is 0 Å². The first kappa shape index (κ1) is 17.7. The van der Waals surface area contributed by atoms with Crippen molar-refractivity contribution in [2.75, 3.05) is 0 Å². The van der Waals surface area contributed by atoms with E-state index >= 15 is 0 Å². The van der Waals surface area contributed by atoms with Crippen LogP contribution in [0.5, 0.6) is 0 Å². The second-order valence-electron chi connectivity index (χ2n) is 5.92.